The van der Waals surface area contributed by atoms with Crippen LogP contribution in [0.25, 0.3) is 0 Å². The molecule has 2 fully saturated rings. The van der Waals surface area contributed by atoms with Crippen molar-refractivity contribution in [2.45, 2.75) is 31.5 Å². The van der Waals surface area contributed by atoms with Crippen LogP contribution in [0.1, 0.15) is 18.9 Å². The summed E-state index contributed by atoms with van der Waals surface area (Å²) in [6.07, 6.45) is 2.64. The van der Waals surface area contributed by atoms with Crippen molar-refractivity contribution in [2.24, 2.45) is 5.92 Å². The highest BCUT2D eigenvalue weighted by molar-refractivity contribution is 5.73. The molecule has 1 saturated heterocycles. The third-order valence-electron chi connectivity index (χ3n) is 3.96. The first kappa shape index (κ1) is 12.9. The van der Waals surface area contributed by atoms with Gasteiger partial charge in [-0.2, -0.15) is 5.26 Å². The quantitative estimate of drug-likeness (QED) is 0.844. The van der Waals surface area contributed by atoms with Gasteiger partial charge in [0.2, 0.25) is 5.91 Å². The standard InChI is InChI=1S/C14H16N4O2/c1-8(19)17-13-12(10-4-5-20-14(10)13)18-11-3-2-9(6-15)7-16-11/h2-3,7,10,12-14H,4-5H2,1H3,(H,16,18)(H,17,19)/t10-,12+,13-,14-/m1/s1. The number of carbonyl (C=O) groups excluding carboxylic acids is 1. The third kappa shape index (κ3) is 2.21. The van der Waals surface area contributed by atoms with Gasteiger partial charge in [0, 0.05) is 25.6 Å². The summed E-state index contributed by atoms with van der Waals surface area (Å²) in [5.74, 6) is 1.07. The van der Waals surface area contributed by atoms with Crippen LogP contribution in [0.2, 0.25) is 0 Å². The first-order valence-corrected chi connectivity index (χ1v) is 6.70. The summed E-state index contributed by atoms with van der Waals surface area (Å²) in [4.78, 5) is 15.5. The number of aromatic nitrogens is 1. The van der Waals surface area contributed by atoms with Crippen molar-refractivity contribution in [3.05, 3.63) is 23.9 Å². The molecule has 1 saturated carbocycles. The van der Waals surface area contributed by atoms with E-state index in [9.17, 15) is 4.79 Å². The lowest BCUT2D eigenvalue weighted by atomic mass is 9.71. The van der Waals surface area contributed by atoms with E-state index < -0.39 is 0 Å². The molecule has 2 heterocycles. The number of nitrogens with zero attached hydrogens (tertiary/aromatic N) is 2. The smallest absolute Gasteiger partial charge is 0.217 e. The highest BCUT2D eigenvalue weighted by Gasteiger charge is 2.54. The molecule has 2 aliphatic rings. The molecule has 0 unspecified atom stereocenters. The minimum Gasteiger partial charge on any atom is -0.376 e. The van der Waals surface area contributed by atoms with Crippen LogP contribution in [-0.2, 0) is 9.53 Å². The fourth-order valence-electron chi connectivity index (χ4n) is 3.03. The molecule has 3 rings (SSSR count). The number of nitriles is 1. The SMILES string of the molecule is CC(=O)N[C@@H]1[C@@H](Nc2ccc(C#N)cn2)[C@H]2CCO[C@H]21. The monoisotopic (exact) mass is 272 g/mol. The average Bonchev–Trinajstić information content (AvgIpc) is 2.87. The second kappa shape index (κ2) is 5.10. The number of hydrogen-bond acceptors (Lipinski definition) is 5. The van der Waals surface area contributed by atoms with Crippen molar-refractivity contribution in [1.29, 1.82) is 5.26 Å². The summed E-state index contributed by atoms with van der Waals surface area (Å²) in [5.41, 5.74) is 0.532. The summed E-state index contributed by atoms with van der Waals surface area (Å²) in [7, 11) is 0. The first-order chi connectivity index (χ1) is 9.69. The van der Waals surface area contributed by atoms with Gasteiger partial charge in [-0.15, -0.1) is 0 Å². The van der Waals surface area contributed by atoms with E-state index in [1.807, 2.05) is 6.07 Å². The molecule has 6 heteroatoms. The van der Waals surface area contributed by atoms with Crippen molar-refractivity contribution in [2.75, 3.05) is 11.9 Å². The lowest BCUT2D eigenvalue weighted by Gasteiger charge is -2.48. The summed E-state index contributed by atoms with van der Waals surface area (Å²) in [6.45, 7) is 2.25. The summed E-state index contributed by atoms with van der Waals surface area (Å²) < 4.78 is 5.65. The molecule has 0 spiro atoms. The van der Waals surface area contributed by atoms with Crippen LogP contribution in [0.3, 0.4) is 0 Å². The van der Waals surface area contributed by atoms with Gasteiger partial charge >= 0.3 is 0 Å². The van der Waals surface area contributed by atoms with E-state index in [-0.39, 0.29) is 24.1 Å². The van der Waals surface area contributed by atoms with E-state index in [4.69, 9.17) is 10.00 Å². The number of ether oxygens (including phenoxy) is 1. The third-order valence-corrected chi connectivity index (χ3v) is 3.96. The number of nitrogens with one attached hydrogen (secondary N) is 2. The van der Waals surface area contributed by atoms with Crippen molar-refractivity contribution in [3.8, 4) is 6.07 Å². The van der Waals surface area contributed by atoms with Crippen molar-refractivity contribution >= 4 is 11.7 Å². The molecule has 6 nitrogen and oxygen atoms in total. The number of fused-ring (bicyclic) bond motifs is 1. The minimum atomic E-state index is -0.0523. The summed E-state index contributed by atoms with van der Waals surface area (Å²) >= 11 is 0. The highest BCUT2D eigenvalue weighted by Crippen LogP contribution is 2.40. The highest BCUT2D eigenvalue weighted by atomic mass is 16.5. The molecule has 4 atom stereocenters. The van der Waals surface area contributed by atoms with E-state index in [1.54, 1.807) is 12.1 Å². The Morgan fingerprint density at radius 3 is 3.00 bits per heavy atom. The fourth-order valence-corrected chi connectivity index (χ4v) is 3.03. The number of pyridine rings is 1. The van der Waals surface area contributed by atoms with Crippen LogP contribution in [0.4, 0.5) is 5.82 Å². The van der Waals surface area contributed by atoms with Gasteiger partial charge in [0.05, 0.1) is 23.8 Å². The average molecular weight is 272 g/mol. The van der Waals surface area contributed by atoms with E-state index in [1.165, 1.54) is 13.1 Å². The van der Waals surface area contributed by atoms with Gasteiger partial charge in [0.1, 0.15) is 11.9 Å². The second-order valence-electron chi connectivity index (χ2n) is 5.23. The Morgan fingerprint density at radius 1 is 1.50 bits per heavy atom. The number of rotatable bonds is 3. The van der Waals surface area contributed by atoms with Crippen LogP contribution >= 0.6 is 0 Å². The van der Waals surface area contributed by atoms with Gasteiger partial charge in [-0.3, -0.25) is 4.79 Å². The lowest BCUT2D eigenvalue weighted by Crippen LogP contribution is -2.68. The Labute approximate surface area is 117 Å². The molecule has 1 aromatic heterocycles. The Bertz CT molecular complexity index is 551. The van der Waals surface area contributed by atoms with E-state index in [0.29, 0.717) is 11.5 Å². The molecule has 0 bridgehead atoms. The van der Waals surface area contributed by atoms with E-state index in [2.05, 4.69) is 15.6 Å². The van der Waals surface area contributed by atoms with Crippen molar-refractivity contribution in [3.63, 3.8) is 0 Å². The fraction of sp³-hybridized carbons (Fsp3) is 0.500. The van der Waals surface area contributed by atoms with E-state index >= 15 is 0 Å². The van der Waals surface area contributed by atoms with Crippen LogP contribution in [0, 0.1) is 17.2 Å². The van der Waals surface area contributed by atoms with Gasteiger partial charge in [-0.25, -0.2) is 4.98 Å². The molecular weight excluding hydrogens is 256 g/mol. The molecule has 0 radical (unpaired) electrons. The zero-order chi connectivity index (χ0) is 14.1. The van der Waals surface area contributed by atoms with Gasteiger partial charge in [0.15, 0.2) is 0 Å². The second-order valence-corrected chi connectivity index (χ2v) is 5.23. The summed E-state index contributed by atoms with van der Waals surface area (Å²) in [5, 5.41) is 15.0. The Kier molecular flexibility index (Phi) is 3.28. The Balaban J connectivity index is 1.71. The Morgan fingerprint density at radius 2 is 2.35 bits per heavy atom. The molecule has 2 N–H and O–H groups in total. The molecular formula is C14H16N4O2. The molecule has 1 aromatic rings. The molecule has 0 aromatic carbocycles. The maximum atomic E-state index is 11.3. The molecule has 1 aliphatic heterocycles. The number of carbonyl (C=O) groups is 1. The number of hydrogen-bond donors (Lipinski definition) is 2. The molecule has 1 aliphatic carbocycles. The molecule has 104 valence electrons. The summed E-state index contributed by atoms with van der Waals surface area (Å²) in [6, 6.07) is 5.67. The molecule has 1 amide bonds. The lowest BCUT2D eigenvalue weighted by molar-refractivity contribution is -0.123. The first-order valence-electron chi connectivity index (χ1n) is 6.70. The largest absolute Gasteiger partial charge is 0.376 e. The van der Waals surface area contributed by atoms with Crippen molar-refractivity contribution < 1.29 is 9.53 Å². The predicted molar refractivity (Wildman–Crippen MR) is 71.8 cm³/mol. The normalized spacial score (nSPS) is 30.8. The van der Waals surface area contributed by atoms with Crippen LogP contribution < -0.4 is 10.6 Å². The topological polar surface area (TPSA) is 87.0 Å². The Hall–Kier alpha value is -2.13. The predicted octanol–water partition coefficient (Wildman–Crippen LogP) is 0.657. The van der Waals surface area contributed by atoms with Gasteiger partial charge in [-0.05, 0) is 18.6 Å². The van der Waals surface area contributed by atoms with Crippen LogP contribution in [-0.4, -0.2) is 35.7 Å². The minimum absolute atomic E-state index is 0.0163. The van der Waals surface area contributed by atoms with Crippen LogP contribution in [0.5, 0.6) is 0 Å². The zero-order valence-corrected chi connectivity index (χ0v) is 11.2. The van der Waals surface area contributed by atoms with Crippen LogP contribution in [0.15, 0.2) is 18.3 Å². The zero-order valence-electron chi connectivity index (χ0n) is 11.2. The number of amides is 1. The van der Waals surface area contributed by atoms with Gasteiger partial charge < -0.3 is 15.4 Å². The van der Waals surface area contributed by atoms with Crippen molar-refractivity contribution in [1.82, 2.24) is 10.3 Å². The van der Waals surface area contributed by atoms with Gasteiger partial charge in [-0.1, -0.05) is 0 Å². The van der Waals surface area contributed by atoms with Gasteiger partial charge in [0.25, 0.3) is 0 Å². The molecule has 20 heavy (non-hydrogen) atoms. The maximum Gasteiger partial charge on any atom is 0.217 e. The van der Waals surface area contributed by atoms with E-state index in [0.717, 1.165) is 18.8 Å². The maximum absolute atomic E-state index is 11.3. The number of anilines is 1.